The summed E-state index contributed by atoms with van der Waals surface area (Å²) >= 11 is 0. The summed E-state index contributed by atoms with van der Waals surface area (Å²) in [7, 11) is 0. The summed E-state index contributed by atoms with van der Waals surface area (Å²) in [6.07, 6.45) is 0. The Labute approximate surface area is 233 Å². The summed E-state index contributed by atoms with van der Waals surface area (Å²) in [5.74, 6) is 0. The van der Waals surface area contributed by atoms with E-state index in [1.807, 2.05) is 0 Å². The molecule has 226 valence electrons. The minimum absolute atomic E-state index is 0.738. The number of nitrogens with two attached hydrogens (primary N) is 3. The Balaban J connectivity index is 0.000000201. The fraction of sp³-hybridized carbons (Fsp3) is 1.00. The highest BCUT2D eigenvalue weighted by atomic mass is 15.3. The Morgan fingerprint density at radius 3 is 1.08 bits per heavy atom. The molecule has 4 rings (SSSR count). The molecule has 4 aliphatic heterocycles. The molecule has 0 aliphatic carbocycles. The Morgan fingerprint density at radius 1 is 0.395 bits per heavy atom. The molecule has 10 N–H and O–H groups in total. The van der Waals surface area contributed by atoms with Crippen LogP contribution in [0.15, 0.2) is 0 Å². The van der Waals surface area contributed by atoms with Crippen molar-refractivity contribution < 1.29 is 0 Å². The molecule has 0 amide bonds. The molecular formula is C26H62N12. The summed E-state index contributed by atoms with van der Waals surface area (Å²) in [6.45, 7) is 28.9. The summed E-state index contributed by atoms with van der Waals surface area (Å²) in [5, 5.41) is 13.4. The lowest BCUT2D eigenvalue weighted by molar-refractivity contribution is 0.138. The highest BCUT2D eigenvalue weighted by Crippen LogP contribution is 1.99. The molecule has 0 radical (unpaired) electrons. The maximum absolute atomic E-state index is 5.48. The van der Waals surface area contributed by atoms with Gasteiger partial charge in [0.2, 0.25) is 0 Å². The van der Waals surface area contributed by atoms with Crippen molar-refractivity contribution in [2.45, 2.75) is 0 Å². The van der Waals surface area contributed by atoms with E-state index in [9.17, 15) is 0 Å². The highest BCUT2D eigenvalue weighted by molar-refractivity contribution is 4.73. The maximum Gasteiger partial charge on any atom is 0.0110 e. The van der Waals surface area contributed by atoms with Crippen LogP contribution in [0, 0.1) is 0 Å². The normalized spacial score (nSPS) is 22.8. The highest BCUT2D eigenvalue weighted by Gasteiger charge is 2.15. The van der Waals surface area contributed by atoms with Crippen LogP contribution in [-0.4, -0.2) is 195 Å². The molecule has 0 aromatic carbocycles. The van der Waals surface area contributed by atoms with E-state index in [0.717, 1.165) is 91.6 Å². The molecule has 0 spiro atoms. The molecule has 0 aromatic heterocycles. The van der Waals surface area contributed by atoms with Gasteiger partial charge < -0.3 is 38.5 Å². The topological polar surface area (TPSA) is 142 Å². The van der Waals surface area contributed by atoms with E-state index in [2.05, 4.69) is 45.8 Å². The first-order valence-corrected chi connectivity index (χ1v) is 15.3. The molecule has 4 saturated heterocycles. The van der Waals surface area contributed by atoms with E-state index in [1.54, 1.807) is 0 Å². The lowest BCUT2D eigenvalue weighted by atomic mass is 10.3. The maximum atomic E-state index is 5.48. The van der Waals surface area contributed by atoms with Gasteiger partial charge in [-0.05, 0) is 0 Å². The first-order chi connectivity index (χ1) is 18.7. The van der Waals surface area contributed by atoms with Crippen LogP contribution in [-0.2, 0) is 0 Å². The fourth-order valence-electron chi connectivity index (χ4n) is 5.15. The zero-order valence-corrected chi connectivity index (χ0v) is 24.4. The number of rotatable bonds is 12. The van der Waals surface area contributed by atoms with Gasteiger partial charge in [-0.3, -0.25) is 24.5 Å². The monoisotopic (exact) mass is 543 g/mol. The van der Waals surface area contributed by atoms with Gasteiger partial charge in [0.15, 0.2) is 0 Å². The Hall–Kier alpha value is -0.480. The van der Waals surface area contributed by atoms with E-state index < -0.39 is 0 Å². The molecule has 0 atom stereocenters. The minimum atomic E-state index is 0.738. The van der Waals surface area contributed by atoms with Gasteiger partial charge in [0, 0.05) is 170 Å². The third-order valence-electron chi connectivity index (χ3n) is 7.64. The molecule has 0 saturated carbocycles. The van der Waals surface area contributed by atoms with Crippen molar-refractivity contribution >= 4 is 0 Å². The number of hydrogen-bond acceptors (Lipinski definition) is 12. The third kappa shape index (κ3) is 16.6. The van der Waals surface area contributed by atoms with Crippen LogP contribution in [0.2, 0.25) is 0 Å². The fourth-order valence-corrected chi connectivity index (χ4v) is 5.15. The largest absolute Gasteiger partial charge is 0.329 e. The van der Waals surface area contributed by atoms with E-state index >= 15 is 0 Å². The van der Waals surface area contributed by atoms with E-state index in [4.69, 9.17) is 17.2 Å². The van der Waals surface area contributed by atoms with Crippen molar-refractivity contribution in [2.24, 2.45) is 17.2 Å². The quantitative estimate of drug-likeness (QED) is 0.120. The average Bonchev–Trinajstić information content (AvgIpc) is 2.98. The predicted molar refractivity (Wildman–Crippen MR) is 161 cm³/mol. The zero-order valence-electron chi connectivity index (χ0n) is 24.4. The van der Waals surface area contributed by atoms with Crippen LogP contribution in [0.4, 0.5) is 0 Å². The van der Waals surface area contributed by atoms with E-state index in [1.165, 1.54) is 78.5 Å². The summed E-state index contributed by atoms with van der Waals surface area (Å²) in [4.78, 5) is 12.4. The zero-order chi connectivity index (χ0) is 27.1. The van der Waals surface area contributed by atoms with Crippen molar-refractivity contribution in [3.8, 4) is 0 Å². The first-order valence-electron chi connectivity index (χ1n) is 15.3. The van der Waals surface area contributed by atoms with Gasteiger partial charge in [0.05, 0.1) is 0 Å². The molecule has 12 nitrogen and oxygen atoms in total. The number of nitrogens with zero attached hydrogens (tertiary/aromatic N) is 5. The van der Waals surface area contributed by atoms with Crippen LogP contribution in [0.25, 0.3) is 0 Å². The Morgan fingerprint density at radius 2 is 0.737 bits per heavy atom. The lowest BCUT2D eigenvalue weighted by Crippen LogP contribution is -2.49. The average molecular weight is 543 g/mol. The van der Waals surface area contributed by atoms with Crippen LogP contribution in [0.5, 0.6) is 0 Å². The van der Waals surface area contributed by atoms with Gasteiger partial charge in [-0.25, -0.2) is 0 Å². The van der Waals surface area contributed by atoms with Gasteiger partial charge in [-0.2, -0.15) is 0 Å². The smallest absolute Gasteiger partial charge is 0.0110 e. The Bertz CT molecular complexity index is 465. The lowest BCUT2D eigenvalue weighted by Gasteiger charge is -2.34. The van der Waals surface area contributed by atoms with Crippen molar-refractivity contribution in [3.05, 3.63) is 0 Å². The van der Waals surface area contributed by atoms with Crippen LogP contribution in [0.1, 0.15) is 0 Å². The molecule has 4 aliphatic rings. The van der Waals surface area contributed by atoms with Gasteiger partial charge in [-0.1, -0.05) is 0 Å². The Kier molecular flexibility index (Phi) is 20.6. The van der Waals surface area contributed by atoms with Crippen molar-refractivity contribution in [1.82, 2.24) is 45.8 Å². The molecule has 0 aromatic rings. The van der Waals surface area contributed by atoms with Crippen LogP contribution in [0.3, 0.4) is 0 Å². The third-order valence-corrected chi connectivity index (χ3v) is 7.64. The molecule has 4 fully saturated rings. The molecular weight excluding hydrogens is 480 g/mol. The van der Waals surface area contributed by atoms with Gasteiger partial charge in [-0.15, -0.1) is 0 Å². The number of piperazine rings is 4. The van der Waals surface area contributed by atoms with Crippen molar-refractivity contribution in [3.63, 3.8) is 0 Å². The summed E-state index contributed by atoms with van der Waals surface area (Å²) < 4.78 is 0. The van der Waals surface area contributed by atoms with Gasteiger partial charge in [0.1, 0.15) is 0 Å². The standard InChI is InChI=1S/C10H22N4.2C8H20N4/c1-5-13(6-2-11-1)9-10-14-7-3-12-4-8-14;9-1-3-11-5-7-12(4-2-10)8-6-11;9-1-2-10-3-6-12-7-4-11-5-8-12/h11-12H,1-10H2;1-10H2;10-11H,1-9H2. The molecule has 0 bridgehead atoms. The van der Waals surface area contributed by atoms with E-state index in [-0.39, 0.29) is 0 Å². The number of hydrogen-bond donors (Lipinski definition) is 7. The first kappa shape index (κ1) is 33.7. The second kappa shape index (κ2) is 23.2. The van der Waals surface area contributed by atoms with E-state index in [0.29, 0.717) is 0 Å². The minimum Gasteiger partial charge on any atom is -0.329 e. The van der Waals surface area contributed by atoms with Crippen LogP contribution >= 0.6 is 0 Å². The molecule has 38 heavy (non-hydrogen) atoms. The van der Waals surface area contributed by atoms with Gasteiger partial charge >= 0.3 is 0 Å². The molecule has 12 heteroatoms. The van der Waals surface area contributed by atoms with Crippen LogP contribution < -0.4 is 38.5 Å². The second-order valence-corrected chi connectivity index (χ2v) is 10.6. The summed E-state index contributed by atoms with van der Waals surface area (Å²) in [5.41, 5.74) is 16.3. The predicted octanol–water partition coefficient (Wildman–Crippen LogP) is -4.24. The summed E-state index contributed by atoms with van der Waals surface area (Å²) in [6, 6.07) is 0. The second-order valence-electron chi connectivity index (χ2n) is 10.6. The molecule has 0 unspecified atom stereocenters. The molecule has 4 heterocycles. The van der Waals surface area contributed by atoms with Crippen molar-refractivity contribution in [2.75, 3.05) is 170 Å². The van der Waals surface area contributed by atoms with Crippen molar-refractivity contribution in [1.29, 1.82) is 0 Å². The SMILES string of the molecule is C1CN(CCN2CCNCC2)CCN1.NCCN1CCN(CCN)CC1.NCCNCCN1CCNCC1. The number of nitrogens with one attached hydrogen (secondary N) is 4. The van der Waals surface area contributed by atoms with Gasteiger partial charge in [0.25, 0.3) is 0 Å².